The van der Waals surface area contributed by atoms with Crippen LogP contribution < -0.4 is 5.32 Å². The molecule has 0 aromatic rings. The maximum atomic E-state index is 11.9. The molecule has 5 nitrogen and oxygen atoms in total. The van der Waals surface area contributed by atoms with Crippen LogP contribution in [0.15, 0.2) is 0 Å². The number of nitrogens with one attached hydrogen (secondary N) is 1. The van der Waals surface area contributed by atoms with E-state index in [2.05, 4.69) is 5.32 Å². The van der Waals surface area contributed by atoms with E-state index in [4.69, 9.17) is 4.74 Å². The average Bonchev–Trinajstić information content (AvgIpc) is 3.23. The molecular formula is C15H25NO4. The summed E-state index contributed by atoms with van der Waals surface area (Å²) in [4.78, 5) is 23.4. The van der Waals surface area contributed by atoms with Gasteiger partial charge in [0.1, 0.15) is 0 Å². The molecule has 0 saturated heterocycles. The maximum Gasteiger partial charge on any atom is 0.310 e. The highest BCUT2D eigenvalue weighted by molar-refractivity contribution is 5.85. The lowest BCUT2D eigenvalue weighted by atomic mass is 9.71. The highest BCUT2D eigenvalue weighted by Crippen LogP contribution is 2.39. The van der Waals surface area contributed by atoms with Gasteiger partial charge in [-0.2, -0.15) is 0 Å². The minimum Gasteiger partial charge on any atom is -0.481 e. The van der Waals surface area contributed by atoms with E-state index >= 15 is 0 Å². The Morgan fingerprint density at radius 2 is 1.90 bits per heavy atom. The first-order valence-electron chi connectivity index (χ1n) is 7.70. The molecule has 2 aliphatic rings. The highest BCUT2D eigenvalue weighted by atomic mass is 16.5. The van der Waals surface area contributed by atoms with Crippen LogP contribution in [0.25, 0.3) is 0 Å². The lowest BCUT2D eigenvalue weighted by Crippen LogP contribution is -2.39. The zero-order valence-electron chi connectivity index (χ0n) is 12.0. The van der Waals surface area contributed by atoms with Crippen molar-refractivity contribution >= 4 is 11.9 Å². The molecule has 1 amide bonds. The van der Waals surface area contributed by atoms with Crippen LogP contribution in [0.4, 0.5) is 0 Å². The topological polar surface area (TPSA) is 75.6 Å². The number of amides is 1. The van der Waals surface area contributed by atoms with Gasteiger partial charge < -0.3 is 15.2 Å². The molecule has 0 radical (unpaired) electrons. The summed E-state index contributed by atoms with van der Waals surface area (Å²) in [5, 5.41) is 12.2. The maximum absolute atomic E-state index is 11.9. The van der Waals surface area contributed by atoms with Crippen LogP contribution in [0.1, 0.15) is 51.4 Å². The van der Waals surface area contributed by atoms with Crippen LogP contribution in [-0.2, 0) is 14.3 Å². The second-order valence-electron chi connectivity index (χ2n) is 6.19. The summed E-state index contributed by atoms with van der Waals surface area (Å²) < 4.78 is 5.44. The first kappa shape index (κ1) is 15.3. The van der Waals surface area contributed by atoms with Crippen LogP contribution in [0, 0.1) is 11.3 Å². The zero-order chi connectivity index (χ0) is 14.4. The lowest BCUT2D eigenvalue weighted by Gasteiger charge is -2.32. The third kappa shape index (κ3) is 4.47. The Hall–Kier alpha value is -1.10. The van der Waals surface area contributed by atoms with Gasteiger partial charge in [0.15, 0.2) is 0 Å². The summed E-state index contributed by atoms with van der Waals surface area (Å²) in [6.07, 6.45) is 6.74. The number of hydrogen-bond donors (Lipinski definition) is 2. The van der Waals surface area contributed by atoms with E-state index in [1.54, 1.807) is 0 Å². The standard InChI is InChI=1S/C15H25NO4/c17-13(16-8-9-20-11-12-4-5-12)10-15(14(18)19)6-2-1-3-7-15/h12H,1-11H2,(H,16,17)(H,18,19). The SMILES string of the molecule is O=C(CC1(C(=O)O)CCCCC1)NCCOCC1CC1. The molecule has 2 aliphatic carbocycles. The van der Waals surface area contributed by atoms with Gasteiger partial charge in [-0.05, 0) is 31.6 Å². The number of carbonyl (C=O) groups excluding carboxylic acids is 1. The van der Waals surface area contributed by atoms with Crippen LogP contribution in [-0.4, -0.2) is 36.7 Å². The van der Waals surface area contributed by atoms with Crippen molar-refractivity contribution < 1.29 is 19.4 Å². The largest absolute Gasteiger partial charge is 0.481 e. The van der Waals surface area contributed by atoms with E-state index in [1.807, 2.05) is 0 Å². The summed E-state index contributed by atoms with van der Waals surface area (Å²) in [7, 11) is 0. The summed E-state index contributed by atoms with van der Waals surface area (Å²) in [6, 6.07) is 0. The van der Waals surface area contributed by atoms with E-state index in [0.717, 1.165) is 31.8 Å². The Morgan fingerprint density at radius 1 is 1.20 bits per heavy atom. The molecule has 0 aromatic carbocycles. The Bertz CT molecular complexity index is 346. The van der Waals surface area contributed by atoms with E-state index in [1.165, 1.54) is 12.8 Å². The minimum atomic E-state index is -0.836. The molecule has 0 unspecified atom stereocenters. The highest BCUT2D eigenvalue weighted by Gasteiger charge is 2.41. The Morgan fingerprint density at radius 3 is 2.50 bits per heavy atom. The van der Waals surface area contributed by atoms with E-state index in [-0.39, 0.29) is 12.3 Å². The first-order valence-corrected chi connectivity index (χ1v) is 7.70. The van der Waals surface area contributed by atoms with Crippen molar-refractivity contribution in [3.05, 3.63) is 0 Å². The van der Waals surface area contributed by atoms with Gasteiger partial charge in [0.2, 0.25) is 5.91 Å². The van der Waals surface area contributed by atoms with Crippen molar-refractivity contribution in [2.24, 2.45) is 11.3 Å². The van der Waals surface area contributed by atoms with Gasteiger partial charge in [-0.1, -0.05) is 19.3 Å². The third-order valence-electron chi connectivity index (χ3n) is 4.38. The van der Waals surface area contributed by atoms with Crippen molar-refractivity contribution in [3.63, 3.8) is 0 Å². The molecule has 0 aromatic heterocycles. The van der Waals surface area contributed by atoms with Crippen molar-refractivity contribution in [3.8, 4) is 0 Å². The molecule has 0 atom stereocenters. The molecule has 114 valence electrons. The molecule has 20 heavy (non-hydrogen) atoms. The van der Waals surface area contributed by atoms with Gasteiger partial charge in [-0.25, -0.2) is 0 Å². The van der Waals surface area contributed by atoms with Crippen LogP contribution in [0.3, 0.4) is 0 Å². The smallest absolute Gasteiger partial charge is 0.310 e. The van der Waals surface area contributed by atoms with Crippen LogP contribution in [0.5, 0.6) is 0 Å². The number of ether oxygens (including phenoxy) is 1. The quantitative estimate of drug-likeness (QED) is 0.668. The zero-order valence-corrected chi connectivity index (χ0v) is 12.0. The number of carboxylic acid groups (broad SMARTS) is 1. The second-order valence-corrected chi connectivity index (χ2v) is 6.19. The van der Waals surface area contributed by atoms with E-state index in [0.29, 0.717) is 26.0 Å². The van der Waals surface area contributed by atoms with Gasteiger partial charge in [-0.15, -0.1) is 0 Å². The van der Waals surface area contributed by atoms with Gasteiger partial charge in [0.25, 0.3) is 0 Å². The summed E-state index contributed by atoms with van der Waals surface area (Å²) in [5.41, 5.74) is -0.836. The number of aliphatic carboxylic acids is 1. The first-order chi connectivity index (χ1) is 9.62. The molecular weight excluding hydrogens is 258 g/mol. The van der Waals surface area contributed by atoms with Crippen molar-refractivity contribution in [1.82, 2.24) is 5.32 Å². The predicted molar refractivity (Wildman–Crippen MR) is 74.3 cm³/mol. The number of carbonyl (C=O) groups is 2. The second kappa shape index (κ2) is 7.07. The fourth-order valence-corrected chi connectivity index (χ4v) is 2.86. The molecule has 5 heteroatoms. The van der Waals surface area contributed by atoms with Crippen molar-refractivity contribution in [1.29, 1.82) is 0 Å². The monoisotopic (exact) mass is 283 g/mol. The molecule has 0 spiro atoms. The summed E-state index contributed by atoms with van der Waals surface area (Å²) in [5.74, 6) is -0.259. The van der Waals surface area contributed by atoms with E-state index < -0.39 is 11.4 Å². The van der Waals surface area contributed by atoms with E-state index in [9.17, 15) is 14.7 Å². The molecule has 0 bridgehead atoms. The number of hydrogen-bond acceptors (Lipinski definition) is 3. The molecule has 0 heterocycles. The van der Waals surface area contributed by atoms with Gasteiger partial charge >= 0.3 is 5.97 Å². The molecule has 0 aliphatic heterocycles. The Labute approximate surface area is 120 Å². The molecule has 2 fully saturated rings. The van der Waals surface area contributed by atoms with Crippen molar-refractivity contribution in [2.75, 3.05) is 19.8 Å². The minimum absolute atomic E-state index is 0.102. The molecule has 2 N–H and O–H groups in total. The third-order valence-corrected chi connectivity index (χ3v) is 4.38. The summed E-state index contributed by atoms with van der Waals surface area (Å²) in [6.45, 7) is 1.78. The average molecular weight is 283 g/mol. The number of rotatable bonds is 8. The number of carboxylic acids is 1. The normalized spacial score (nSPS) is 21.4. The van der Waals surface area contributed by atoms with Crippen LogP contribution >= 0.6 is 0 Å². The van der Waals surface area contributed by atoms with Gasteiger partial charge in [-0.3, -0.25) is 9.59 Å². The Kier molecular flexibility index (Phi) is 5.40. The van der Waals surface area contributed by atoms with Crippen molar-refractivity contribution in [2.45, 2.75) is 51.4 Å². The fourth-order valence-electron chi connectivity index (χ4n) is 2.86. The molecule has 2 saturated carbocycles. The molecule has 2 rings (SSSR count). The van der Waals surface area contributed by atoms with Gasteiger partial charge in [0, 0.05) is 19.6 Å². The fraction of sp³-hybridized carbons (Fsp3) is 0.867. The Balaban J connectivity index is 1.66. The predicted octanol–water partition coefficient (Wildman–Crippen LogP) is 1.95. The van der Waals surface area contributed by atoms with Gasteiger partial charge in [0.05, 0.1) is 12.0 Å². The summed E-state index contributed by atoms with van der Waals surface area (Å²) >= 11 is 0. The lowest BCUT2D eigenvalue weighted by molar-refractivity contribution is -0.154. The van der Waals surface area contributed by atoms with Crippen LogP contribution in [0.2, 0.25) is 0 Å².